The van der Waals surface area contributed by atoms with Crippen molar-refractivity contribution in [1.29, 1.82) is 0 Å². The van der Waals surface area contributed by atoms with Crippen LogP contribution in [0.25, 0.3) is 0 Å². The van der Waals surface area contributed by atoms with Gasteiger partial charge >= 0.3 is 0 Å². The number of hydrazone groups is 1. The molecule has 0 aromatic heterocycles. The van der Waals surface area contributed by atoms with Crippen LogP contribution in [0.2, 0.25) is 5.02 Å². The van der Waals surface area contributed by atoms with Gasteiger partial charge < -0.3 is 9.47 Å². The highest BCUT2D eigenvalue weighted by Gasteiger charge is 2.14. The van der Waals surface area contributed by atoms with Gasteiger partial charge in [0.25, 0.3) is 11.6 Å². The molecular formula is C23H19ClIN3O5. The van der Waals surface area contributed by atoms with Crippen molar-refractivity contribution in [2.45, 2.75) is 13.5 Å². The molecule has 0 saturated carbocycles. The number of non-ortho nitro benzene ring substituents is 1. The van der Waals surface area contributed by atoms with Gasteiger partial charge in [-0.1, -0.05) is 35.9 Å². The van der Waals surface area contributed by atoms with Gasteiger partial charge in [-0.15, -0.1) is 0 Å². The molecule has 1 amide bonds. The quantitative estimate of drug-likeness (QED) is 0.154. The smallest absolute Gasteiger partial charge is 0.271 e. The first-order valence-electron chi connectivity index (χ1n) is 9.79. The number of nitro benzene ring substituents is 1. The van der Waals surface area contributed by atoms with Gasteiger partial charge in [0.2, 0.25) is 0 Å². The molecular weight excluding hydrogens is 561 g/mol. The van der Waals surface area contributed by atoms with Crippen LogP contribution < -0.4 is 14.9 Å². The van der Waals surface area contributed by atoms with Crippen LogP contribution in [0.5, 0.6) is 11.5 Å². The van der Waals surface area contributed by atoms with Crippen LogP contribution in [0.4, 0.5) is 5.69 Å². The molecule has 0 atom stereocenters. The van der Waals surface area contributed by atoms with Crippen molar-refractivity contribution in [2.75, 3.05) is 6.61 Å². The monoisotopic (exact) mass is 579 g/mol. The zero-order chi connectivity index (χ0) is 23.8. The van der Waals surface area contributed by atoms with Crippen molar-refractivity contribution >= 4 is 52.0 Å². The summed E-state index contributed by atoms with van der Waals surface area (Å²) in [6.45, 7) is 2.58. The maximum Gasteiger partial charge on any atom is 0.271 e. The molecule has 0 aliphatic carbocycles. The summed E-state index contributed by atoms with van der Waals surface area (Å²) >= 11 is 8.35. The predicted octanol–water partition coefficient (Wildman–Crippen LogP) is 5.59. The fourth-order valence-corrected chi connectivity index (χ4v) is 3.79. The Hall–Kier alpha value is -3.18. The number of ether oxygens (including phenoxy) is 2. The Balaban J connectivity index is 1.73. The normalized spacial score (nSPS) is 10.8. The summed E-state index contributed by atoms with van der Waals surface area (Å²) in [5, 5.41) is 15.5. The molecule has 0 spiro atoms. The Bertz CT molecular complexity index is 1200. The van der Waals surface area contributed by atoms with Gasteiger partial charge in [-0.25, -0.2) is 5.43 Å². The molecule has 0 heterocycles. The molecule has 0 unspecified atom stereocenters. The van der Waals surface area contributed by atoms with Crippen molar-refractivity contribution in [3.8, 4) is 11.5 Å². The average Bonchev–Trinajstić information content (AvgIpc) is 2.80. The topological polar surface area (TPSA) is 103 Å². The number of nitro groups is 1. The van der Waals surface area contributed by atoms with Crippen molar-refractivity contribution < 1.29 is 19.2 Å². The summed E-state index contributed by atoms with van der Waals surface area (Å²) in [5.74, 6) is 0.549. The lowest BCUT2D eigenvalue weighted by molar-refractivity contribution is -0.384. The van der Waals surface area contributed by atoms with E-state index in [4.69, 9.17) is 21.1 Å². The van der Waals surface area contributed by atoms with Crippen LogP contribution in [0.3, 0.4) is 0 Å². The highest BCUT2D eigenvalue weighted by atomic mass is 127. The molecule has 0 aliphatic rings. The van der Waals surface area contributed by atoms with E-state index in [1.165, 1.54) is 30.5 Å². The lowest BCUT2D eigenvalue weighted by Crippen LogP contribution is -2.17. The maximum atomic E-state index is 12.2. The number of carbonyl (C=O) groups excluding carboxylic acids is 1. The zero-order valence-electron chi connectivity index (χ0n) is 17.5. The summed E-state index contributed by atoms with van der Waals surface area (Å²) < 4.78 is 12.5. The number of benzene rings is 3. The summed E-state index contributed by atoms with van der Waals surface area (Å²) in [4.78, 5) is 22.6. The Morgan fingerprint density at radius 1 is 1.18 bits per heavy atom. The second-order valence-electron chi connectivity index (χ2n) is 6.65. The summed E-state index contributed by atoms with van der Waals surface area (Å²) in [5.41, 5.74) is 3.86. The van der Waals surface area contributed by atoms with Gasteiger partial charge in [0.1, 0.15) is 6.61 Å². The third-order valence-corrected chi connectivity index (χ3v) is 5.53. The van der Waals surface area contributed by atoms with E-state index < -0.39 is 10.8 Å². The number of halogens is 2. The number of rotatable bonds is 9. The zero-order valence-corrected chi connectivity index (χ0v) is 20.4. The number of amides is 1. The van der Waals surface area contributed by atoms with E-state index in [0.717, 1.165) is 9.13 Å². The van der Waals surface area contributed by atoms with Gasteiger partial charge in [0.15, 0.2) is 11.5 Å². The highest BCUT2D eigenvalue weighted by Crippen LogP contribution is 2.35. The Morgan fingerprint density at radius 3 is 2.70 bits per heavy atom. The molecule has 8 nitrogen and oxygen atoms in total. The molecule has 0 radical (unpaired) electrons. The van der Waals surface area contributed by atoms with Crippen molar-refractivity contribution in [1.82, 2.24) is 5.43 Å². The first kappa shape index (κ1) is 24.5. The number of hydrogen-bond acceptors (Lipinski definition) is 6. The lowest BCUT2D eigenvalue weighted by Gasteiger charge is -2.15. The van der Waals surface area contributed by atoms with E-state index >= 15 is 0 Å². The molecule has 1 N–H and O–H groups in total. The van der Waals surface area contributed by atoms with E-state index in [-0.39, 0.29) is 17.9 Å². The SMILES string of the molecule is CCOc1cc(/C=N\NC(=O)c2cccc([N+](=O)[O-])c2)cc(I)c1OCc1ccccc1Cl. The third kappa shape index (κ3) is 6.65. The number of nitrogens with zero attached hydrogens (tertiary/aromatic N) is 2. The van der Waals surface area contributed by atoms with Crippen LogP contribution in [0.15, 0.2) is 65.8 Å². The molecule has 3 aromatic rings. The van der Waals surface area contributed by atoms with Crippen LogP contribution in [-0.4, -0.2) is 23.7 Å². The average molecular weight is 580 g/mol. The third-order valence-electron chi connectivity index (χ3n) is 4.36. The highest BCUT2D eigenvalue weighted by molar-refractivity contribution is 14.1. The van der Waals surface area contributed by atoms with E-state index in [1.54, 1.807) is 12.1 Å². The molecule has 170 valence electrons. The fraction of sp³-hybridized carbons (Fsp3) is 0.130. The van der Waals surface area contributed by atoms with Crippen LogP contribution in [0, 0.1) is 13.7 Å². The Morgan fingerprint density at radius 2 is 1.97 bits per heavy atom. The van der Waals surface area contributed by atoms with Gasteiger partial charge in [-0.2, -0.15) is 5.10 Å². The molecule has 3 aromatic carbocycles. The summed E-state index contributed by atoms with van der Waals surface area (Å²) in [7, 11) is 0. The van der Waals surface area contributed by atoms with E-state index in [2.05, 4.69) is 33.1 Å². The number of nitrogens with one attached hydrogen (secondary N) is 1. The maximum absolute atomic E-state index is 12.2. The van der Waals surface area contributed by atoms with E-state index in [1.807, 2.05) is 31.2 Å². The number of hydrogen-bond donors (Lipinski definition) is 1. The second kappa shape index (κ2) is 11.6. The van der Waals surface area contributed by atoms with Crippen molar-refractivity contribution in [2.24, 2.45) is 5.10 Å². The van der Waals surface area contributed by atoms with Gasteiger partial charge in [-0.05, 0) is 59.3 Å². The Kier molecular flexibility index (Phi) is 8.61. The fourth-order valence-electron chi connectivity index (χ4n) is 2.82. The lowest BCUT2D eigenvalue weighted by atomic mass is 10.2. The van der Waals surface area contributed by atoms with Crippen LogP contribution >= 0.6 is 34.2 Å². The summed E-state index contributed by atoms with van der Waals surface area (Å²) in [6, 6.07) is 16.4. The van der Waals surface area contributed by atoms with Crippen molar-refractivity contribution in [3.63, 3.8) is 0 Å². The first-order valence-corrected chi connectivity index (χ1v) is 11.2. The van der Waals surface area contributed by atoms with Gasteiger partial charge in [0.05, 0.1) is 21.3 Å². The van der Waals surface area contributed by atoms with Gasteiger partial charge in [-0.3, -0.25) is 14.9 Å². The molecule has 3 rings (SSSR count). The largest absolute Gasteiger partial charge is 0.490 e. The second-order valence-corrected chi connectivity index (χ2v) is 8.22. The molecule has 33 heavy (non-hydrogen) atoms. The summed E-state index contributed by atoms with van der Waals surface area (Å²) in [6.07, 6.45) is 1.46. The van der Waals surface area contributed by atoms with Crippen molar-refractivity contribution in [3.05, 3.63) is 96.1 Å². The Labute approximate surface area is 208 Å². The van der Waals surface area contributed by atoms with Crippen LogP contribution in [0.1, 0.15) is 28.4 Å². The molecule has 0 saturated heterocycles. The predicted molar refractivity (Wildman–Crippen MR) is 134 cm³/mol. The minimum absolute atomic E-state index is 0.134. The minimum atomic E-state index is -0.563. The first-order chi connectivity index (χ1) is 15.9. The van der Waals surface area contributed by atoms with Gasteiger partial charge in [0, 0.05) is 28.3 Å². The molecule has 0 fully saturated rings. The minimum Gasteiger partial charge on any atom is -0.490 e. The van der Waals surface area contributed by atoms with Crippen LogP contribution in [-0.2, 0) is 6.61 Å². The van der Waals surface area contributed by atoms with E-state index in [9.17, 15) is 14.9 Å². The molecule has 10 heteroatoms. The molecule has 0 bridgehead atoms. The molecule has 0 aliphatic heterocycles. The standard InChI is InChI=1S/C23H19ClIN3O5/c1-2-32-21-11-15(10-20(25)22(21)33-14-17-6-3-4-9-19(17)24)13-26-27-23(29)16-7-5-8-18(12-16)28(30)31/h3-13H,2,14H2,1H3,(H,27,29)/b26-13-. The van der Waals surface area contributed by atoms with E-state index in [0.29, 0.717) is 28.7 Å². The number of carbonyl (C=O) groups is 1.